The molecule has 2 atom stereocenters. The zero-order chi connectivity index (χ0) is 27.9. The highest BCUT2D eigenvalue weighted by atomic mass is 19.3. The first-order chi connectivity index (χ1) is 18.6. The van der Waals surface area contributed by atoms with Crippen LogP contribution in [0.25, 0.3) is 17.0 Å². The number of H-pyrrole nitrogens is 1. The molecule has 210 valence electrons. The van der Waals surface area contributed by atoms with Crippen LogP contribution in [0.2, 0.25) is 0 Å². The highest BCUT2D eigenvalue weighted by molar-refractivity contribution is 5.87. The van der Waals surface area contributed by atoms with Gasteiger partial charge >= 0.3 is 0 Å². The third-order valence-corrected chi connectivity index (χ3v) is 7.80. The van der Waals surface area contributed by atoms with E-state index in [1.165, 1.54) is 17.0 Å². The van der Waals surface area contributed by atoms with Crippen LogP contribution < -0.4 is 5.32 Å². The molecule has 39 heavy (non-hydrogen) atoms. The molecule has 1 aromatic heterocycles. The number of aromatic amines is 1. The number of aromatic nitrogens is 1. The number of benzene rings is 2. The van der Waals surface area contributed by atoms with Crippen molar-refractivity contribution in [1.29, 1.82) is 0 Å². The fourth-order valence-electron chi connectivity index (χ4n) is 5.87. The zero-order valence-electron chi connectivity index (χ0n) is 21.8. The van der Waals surface area contributed by atoms with Gasteiger partial charge in [-0.3, -0.25) is 14.2 Å². The van der Waals surface area contributed by atoms with Crippen LogP contribution >= 0.6 is 0 Å². The lowest BCUT2D eigenvalue weighted by Gasteiger charge is -2.42. The predicted octanol–water partition coefficient (Wildman–Crippen LogP) is 5.51. The van der Waals surface area contributed by atoms with E-state index < -0.39 is 42.8 Å². The Labute approximate surface area is 224 Å². The molecule has 3 aromatic rings. The van der Waals surface area contributed by atoms with E-state index in [0.717, 1.165) is 22.0 Å². The lowest BCUT2D eigenvalue weighted by atomic mass is 9.87. The van der Waals surface area contributed by atoms with Gasteiger partial charge in [-0.2, -0.15) is 0 Å². The Balaban J connectivity index is 1.53. The highest BCUT2D eigenvalue weighted by Gasteiger charge is 2.43. The summed E-state index contributed by atoms with van der Waals surface area (Å²) in [6.45, 7) is 4.84. The molecular weight excluding hydrogens is 515 g/mol. The molecule has 3 N–H and O–H groups in total. The summed E-state index contributed by atoms with van der Waals surface area (Å²) in [6, 6.07) is 6.34. The van der Waals surface area contributed by atoms with Crippen LogP contribution in [0.5, 0.6) is 0 Å². The summed E-state index contributed by atoms with van der Waals surface area (Å²) in [7, 11) is 0. The quantitative estimate of drug-likeness (QED) is 0.293. The molecule has 10 heteroatoms. The Hall–Kier alpha value is -2.95. The summed E-state index contributed by atoms with van der Waals surface area (Å²) in [6.07, 6.45) is 2.53. The van der Waals surface area contributed by atoms with E-state index in [1.807, 2.05) is 18.2 Å². The summed E-state index contributed by atoms with van der Waals surface area (Å²) < 4.78 is 73.0. The third kappa shape index (κ3) is 5.42. The molecule has 1 fully saturated rings. The Bertz CT molecular complexity index is 1330. The molecule has 2 aliphatic rings. The van der Waals surface area contributed by atoms with E-state index in [2.05, 4.69) is 21.8 Å². The van der Waals surface area contributed by atoms with Crippen molar-refractivity contribution in [3.05, 3.63) is 70.9 Å². The summed E-state index contributed by atoms with van der Waals surface area (Å²) in [5, 5.41) is 13.3. The molecule has 3 heterocycles. The molecule has 1 saturated heterocycles. The van der Waals surface area contributed by atoms with Crippen LogP contribution in [-0.4, -0.2) is 77.4 Å². The number of aliphatic hydroxyl groups is 1. The second-order valence-corrected chi connectivity index (χ2v) is 10.7. The normalized spacial score (nSPS) is 20.7. The largest absolute Gasteiger partial charge is 0.390 e. The van der Waals surface area contributed by atoms with Crippen molar-refractivity contribution in [2.24, 2.45) is 0 Å². The number of hydrogen-bond acceptors (Lipinski definition) is 4. The van der Waals surface area contributed by atoms with E-state index >= 15 is 8.78 Å². The number of alkyl halides is 3. The molecule has 5 rings (SSSR count). The van der Waals surface area contributed by atoms with Crippen LogP contribution in [0.15, 0.2) is 36.9 Å². The van der Waals surface area contributed by atoms with Crippen molar-refractivity contribution < 1.29 is 27.1 Å². The summed E-state index contributed by atoms with van der Waals surface area (Å²) in [4.78, 5) is 6.67. The number of nitrogens with one attached hydrogen (secondary N) is 2. The molecule has 0 spiro atoms. The number of hydrogen-bond donors (Lipinski definition) is 3. The smallest absolute Gasteiger partial charge is 0.283 e. The Kier molecular flexibility index (Phi) is 7.72. The van der Waals surface area contributed by atoms with Gasteiger partial charge in [-0.25, -0.2) is 17.6 Å². The van der Waals surface area contributed by atoms with Gasteiger partial charge in [0.05, 0.1) is 25.3 Å². The van der Waals surface area contributed by atoms with Crippen molar-refractivity contribution in [3.8, 4) is 0 Å². The van der Waals surface area contributed by atoms with Crippen LogP contribution in [0.4, 0.5) is 27.6 Å². The van der Waals surface area contributed by atoms with Crippen LogP contribution in [0.1, 0.15) is 41.8 Å². The Morgan fingerprint density at radius 2 is 1.90 bits per heavy atom. The molecule has 0 amide bonds. The van der Waals surface area contributed by atoms with Gasteiger partial charge in [0.15, 0.2) is 0 Å². The van der Waals surface area contributed by atoms with Gasteiger partial charge < -0.3 is 15.4 Å². The van der Waals surface area contributed by atoms with Gasteiger partial charge in [-0.05, 0) is 55.2 Å². The first kappa shape index (κ1) is 27.6. The van der Waals surface area contributed by atoms with E-state index in [4.69, 9.17) is 0 Å². The number of anilines is 1. The van der Waals surface area contributed by atoms with Crippen molar-refractivity contribution in [3.63, 3.8) is 0 Å². The van der Waals surface area contributed by atoms with Crippen molar-refractivity contribution in [2.75, 3.05) is 44.8 Å². The number of rotatable bonds is 10. The number of aliphatic hydroxyl groups excluding tert-OH is 1. The van der Waals surface area contributed by atoms with Crippen molar-refractivity contribution in [2.45, 2.75) is 43.8 Å². The van der Waals surface area contributed by atoms with Gasteiger partial charge in [0, 0.05) is 53.5 Å². The average molecular weight is 549 g/mol. The lowest BCUT2D eigenvalue weighted by Crippen LogP contribution is -2.54. The van der Waals surface area contributed by atoms with E-state index in [-0.39, 0.29) is 24.0 Å². The predicted molar refractivity (Wildman–Crippen MR) is 143 cm³/mol. The molecule has 0 bridgehead atoms. The SMILES string of the molecule is C=Cc1ccc2[nH]c3c(c2c1)C[C@@H](C)N(CC(F)(F)CO)[C@@H]3c1c(F)cc(NC2CN(CCCF)C2)cc1F. The minimum atomic E-state index is -3.46. The zero-order valence-corrected chi connectivity index (χ0v) is 21.8. The maximum Gasteiger partial charge on any atom is 0.283 e. The number of halogens is 5. The first-order valence-corrected chi connectivity index (χ1v) is 13.2. The van der Waals surface area contributed by atoms with Gasteiger partial charge in [0.2, 0.25) is 0 Å². The van der Waals surface area contributed by atoms with Gasteiger partial charge in [0.25, 0.3) is 5.92 Å². The van der Waals surface area contributed by atoms with E-state index in [9.17, 15) is 18.3 Å². The Morgan fingerprint density at radius 1 is 1.18 bits per heavy atom. The molecule has 0 aliphatic carbocycles. The summed E-state index contributed by atoms with van der Waals surface area (Å²) in [5.41, 5.74) is 2.82. The Morgan fingerprint density at radius 3 is 2.54 bits per heavy atom. The molecule has 2 aromatic carbocycles. The van der Waals surface area contributed by atoms with Crippen LogP contribution in [-0.2, 0) is 6.42 Å². The van der Waals surface area contributed by atoms with Gasteiger partial charge in [0.1, 0.15) is 18.2 Å². The monoisotopic (exact) mass is 548 g/mol. The number of fused-ring (bicyclic) bond motifs is 3. The third-order valence-electron chi connectivity index (χ3n) is 7.80. The standard InChI is InChI=1S/C29H33F5N4O/c1-3-18-5-6-25-21(10-18)22-9-17(2)38(15-29(33,34)16-39)28(27(22)36-25)26-23(31)11-19(12-24(26)32)35-20-13-37(14-20)8-4-7-30/h3,5-6,10-12,17,20,28,35-36,39H,1,4,7-9,13-16H2,2H3/t17-,28-/m1/s1. The van der Waals surface area contributed by atoms with Crippen LogP contribution in [0.3, 0.4) is 0 Å². The number of nitrogens with zero attached hydrogens (tertiary/aromatic N) is 2. The maximum absolute atomic E-state index is 15.8. The fourth-order valence-corrected chi connectivity index (χ4v) is 5.87. The van der Waals surface area contributed by atoms with E-state index in [1.54, 1.807) is 13.0 Å². The van der Waals surface area contributed by atoms with E-state index in [0.29, 0.717) is 38.2 Å². The maximum atomic E-state index is 15.8. The summed E-state index contributed by atoms with van der Waals surface area (Å²) in [5.74, 6) is -5.16. The molecule has 0 radical (unpaired) electrons. The van der Waals surface area contributed by atoms with Gasteiger partial charge in [-0.15, -0.1) is 0 Å². The highest BCUT2D eigenvalue weighted by Crippen LogP contribution is 2.44. The lowest BCUT2D eigenvalue weighted by molar-refractivity contribution is -0.0869. The average Bonchev–Trinajstić information content (AvgIpc) is 3.23. The molecule has 5 nitrogen and oxygen atoms in total. The first-order valence-electron chi connectivity index (χ1n) is 13.2. The molecule has 0 saturated carbocycles. The fraction of sp³-hybridized carbons (Fsp3) is 0.448. The topological polar surface area (TPSA) is 54.5 Å². The molecule has 0 unspecified atom stereocenters. The molecule has 2 aliphatic heterocycles. The minimum Gasteiger partial charge on any atom is -0.390 e. The minimum absolute atomic E-state index is 0.0249. The molecular formula is C29H33F5N4O. The second-order valence-electron chi connectivity index (χ2n) is 10.7. The van der Waals surface area contributed by atoms with Crippen LogP contribution in [0, 0.1) is 11.6 Å². The van der Waals surface area contributed by atoms with Crippen molar-refractivity contribution in [1.82, 2.24) is 14.8 Å². The summed E-state index contributed by atoms with van der Waals surface area (Å²) >= 11 is 0. The second kappa shape index (κ2) is 10.9. The van der Waals surface area contributed by atoms with Gasteiger partial charge in [-0.1, -0.05) is 18.7 Å². The number of likely N-dealkylation sites (tertiary alicyclic amines) is 1. The van der Waals surface area contributed by atoms with Crippen molar-refractivity contribution >= 4 is 22.7 Å².